The third-order valence-electron chi connectivity index (χ3n) is 9.19. The predicted octanol–water partition coefficient (Wildman–Crippen LogP) is 3.81. The first kappa shape index (κ1) is 30.6. The van der Waals surface area contributed by atoms with E-state index in [-0.39, 0.29) is 12.5 Å². The van der Waals surface area contributed by atoms with Crippen LogP contribution in [0.25, 0.3) is 0 Å². The standard InChI is InChI=1S/C30H50N6O4/c1-2-40-29(38)33-28(36-17-19-39-20-18-36)32-26(21-24-9-5-3-6-10-24)27(37)34-30(23-31)13-15-35(16-14-30)22-25-11-7-4-8-12-25/h24-26H,2-22H2,1H3,(H,34,37)(H,32,33,38)/t26-/m0/s1. The second-order valence-corrected chi connectivity index (χ2v) is 12.1. The Kier molecular flexibility index (Phi) is 11.9. The van der Waals surface area contributed by atoms with Crippen LogP contribution in [0.1, 0.15) is 90.4 Å². The minimum atomic E-state index is -0.881. The molecule has 10 heteroatoms. The number of aliphatic imine (C=N–C) groups is 1. The molecule has 10 nitrogen and oxygen atoms in total. The summed E-state index contributed by atoms with van der Waals surface area (Å²) in [5, 5.41) is 16.2. The van der Waals surface area contributed by atoms with E-state index in [9.17, 15) is 14.9 Å². The van der Waals surface area contributed by atoms with E-state index < -0.39 is 17.7 Å². The Labute approximate surface area is 240 Å². The molecule has 0 bridgehead atoms. The highest BCUT2D eigenvalue weighted by atomic mass is 16.5. The van der Waals surface area contributed by atoms with E-state index in [4.69, 9.17) is 14.5 Å². The number of alkyl carbamates (subject to hydrolysis) is 1. The highest BCUT2D eigenvalue weighted by molar-refractivity contribution is 5.96. The van der Waals surface area contributed by atoms with Crippen LogP contribution in [0.5, 0.6) is 0 Å². The number of morpholine rings is 1. The van der Waals surface area contributed by atoms with E-state index >= 15 is 0 Å². The van der Waals surface area contributed by atoms with Crippen molar-refractivity contribution in [1.29, 1.82) is 5.26 Å². The van der Waals surface area contributed by atoms with Gasteiger partial charge in [-0.25, -0.2) is 9.79 Å². The summed E-state index contributed by atoms with van der Waals surface area (Å²) >= 11 is 0. The minimum absolute atomic E-state index is 0.218. The highest BCUT2D eigenvalue weighted by Gasteiger charge is 2.39. The van der Waals surface area contributed by atoms with Crippen molar-refractivity contribution in [1.82, 2.24) is 20.4 Å². The van der Waals surface area contributed by atoms with Crippen LogP contribution in [0.4, 0.5) is 4.79 Å². The van der Waals surface area contributed by atoms with Crippen molar-refractivity contribution in [2.75, 3.05) is 52.5 Å². The first-order valence-corrected chi connectivity index (χ1v) is 15.8. The third-order valence-corrected chi connectivity index (χ3v) is 9.19. The normalized spacial score (nSPS) is 24.1. The lowest BCUT2D eigenvalue weighted by Crippen LogP contribution is -2.57. The van der Waals surface area contributed by atoms with Crippen LogP contribution in [0.15, 0.2) is 4.99 Å². The number of nitrogens with zero attached hydrogens (tertiary/aromatic N) is 4. The molecule has 1 atom stereocenters. The van der Waals surface area contributed by atoms with Crippen LogP contribution in [0, 0.1) is 23.2 Å². The maximum atomic E-state index is 13.9. The molecule has 0 aromatic rings. The number of amides is 2. The van der Waals surface area contributed by atoms with Crippen LogP contribution in [0.3, 0.4) is 0 Å². The highest BCUT2D eigenvalue weighted by Crippen LogP contribution is 2.30. The molecule has 4 rings (SSSR count). The number of guanidine groups is 1. The van der Waals surface area contributed by atoms with Gasteiger partial charge in [0.25, 0.3) is 0 Å². The first-order valence-electron chi connectivity index (χ1n) is 15.8. The molecule has 0 radical (unpaired) electrons. The Morgan fingerprint density at radius 1 is 1.00 bits per heavy atom. The molecule has 0 aromatic heterocycles. The summed E-state index contributed by atoms with van der Waals surface area (Å²) < 4.78 is 10.6. The van der Waals surface area contributed by atoms with E-state index in [1.54, 1.807) is 6.92 Å². The molecule has 2 aliphatic carbocycles. The topological polar surface area (TPSA) is 119 Å². The number of hydrogen-bond donors (Lipinski definition) is 2. The fourth-order valence-corrected chi connectivity index (χ4v) is 6.77. The summed E-state index contributed by atoms with van der Waals surface area (Å²) in [6.45, 7) is 6.95. The largest absolute Gasteiger partial charge is 0.450 e. The van der Waals surface area contributed by atoms with Gasteiger partial charge in [-0.3, -0.25) is 10.1 Å². The molecule has 2 aliphatic heterocycles. The molecule has 2 amide bonds. The van der Waals surface area contributed by atoms with E-state index in [1.807, 2.05) is 4.90 Å². The lowest BCUT2D eigenvalue weighted by atomic mass is 9.83. The number of rotatable bonds is 8. The lowest BCUT2D eigenvalue weighted by Gasteiger charge is -2.40. The number of nitriles is 1. The molecule has 2 N–H and O–H groups in total. The minimum Gasteiger partial charge on any atom is -0.450 e. The van der Waals surface area contributed by atoms with Gasteiger partial charge >= 0.3 is 6.09 Å². The van der Waals surface area contributed by atoms with Crippen molar-refractivity contribution >= 4 is 18.0 Å². The van der Waals surface area contributed by atoms with Crippen molar-refractivity contribution in [2.45, 2.75) is 102 Å². The molecule has 40 heavy (non-hydrogen) atoms. The van der Waals surface area contributed by atoms with Gasteiger partial charge in [0, 0.05) is 32.7 Å². The zero-order valence-electron chi connectivity index (χ0n) is 24.5. The van der Waals surface area contributed by atoms with Crippen molar-refractivity contribution in [3.05, 3.63) is 0 Å². The van der Waals surface area contributed by atoms with Gasteiger partial charge in [0.2, 0.25) is 11.9 Å². The third kappa shape index (κ3) is 9.07. The van der Waals surface area contributed by atoms with Gasteiger partial charge in [0.15, 0.2) is 0 Å². The monoisotopic (exact) mass is 558 g/mol. The molecule has 4 aliphatic rings. The smallest absolute Gasteiger partial charge is 0.413 e. The van der Waals surface area contributed by atoms with Crippen LogP contribution < -0.4 is 10.6 Å². The Bertz CT molecular complexity index is 879. The zero-order valence-corrected chi connectivity index (χ0v) is 24.5. The fraction of sp³-hybridized carbons (Fsp3) is 0.867. The van der Waals surface area contributed by atoms with Crippen molar-refractivity contribution in [3.8, 4) is 6.07 Å². The van der Waals surface area contributed by atoms with Gasteiger partial charge < -0.3 is 24.6 Å². The van der Waals surface area contributed by atoms with Crippen molar-refractivity contribution in [3.63, 3.8) is 0 Å². The van der Waals surface area contributed by atoms with Crippen LogP contribution in [-0.2, 0) is 14.3 Å². The van der Waals surface area contributed by atoms with Gasteiger partial charge in [-0.15, -0.1) is 0 Å². The van der Waals surface area contributed by atoms with Crippen molar-refractivity contribution in [2.24, 2.45) is 16.8 Å². The Morgan fingerprint density at radius 2 is 1.62 bits per heavy atom. The molecule has 4 fully saturated rings. The number of carbonyl (C=O) groups excluding carboxylic acids is 2. The molecule has 2 saturated heterocycles. The number of ether oxygens (including phenoxy) is 2. The number of likely N-dealkylation sites (tertiary alicyclic amines) is 1. The van der Waals surface area contributed by atoms with Crippen LogP contribution >= 0.6 is 0 Å². The Balaban J connectivity index is 1.47. The lowest BCUT2D eigenvalue weighted by molar-refractivity contribution is -0.124. The summed E-state index contributed by atoms with van der Waals surface area (Å²) in [6.07, 6.45) is 13.6. The maximum absolute atomic E-state index is 13.9. The molecule has 2 heterocycles. The Hall–Kier alpha value is -2.38. The Morgan fingerprint density at radius 3 is 2.23 bits per heavy atom. The van der Waals surface area contributed by atoms with Gasteiger partial charge in [0.1, 0.15) is 11.6 Å². The second kappa shape index (κ2) is 15.6. The fourth-order valence-electron chi connectivity index (χ4n) is 6.77. The SMILES string of the molecule is CCOC(=O)NC(=N[C@@H](CC1CCCCC1)C(=O)NC1(C#N)CCN(CC2CCCCC2)CC1)N1CCOCC1. The van der Waals surface area contributed by atoms with Gasteiger partial charge in [-0.2, -0.15) is 5.26 Å². The summed E-state index contributed by atoms with van der Waals surface area (Å²) in [5.41, 5.74) is -0.881. The van der Waals surface area contributed by atoms with Gasteiger partial charge in [-0.1, -0.05) is 51.4 Å². The predicted molar refractivity (Wildman–Crippen MR) is 154 cm³/mol. The van der Waals surface area contributed by atoms with Gasteiger partial charge in [-0.05, 0) is 50.9 Å². The first-order chi connectivity index (χ1) is 19.5. The van der Waals surface area contributed by atoms with Crippen molar-refractivity contribution < 1.29 is 19.1 Å². The number of hydrogen-bond acceptors (Lipinski definition) is 7. The van der Waals surface area contributed by atoms with Gasteiger partial charge in [0.05, 0.1) is 25.9 Å². The summed E-state index contributed by atoms with van der Waals surface area (Å²) in [7, 11) is 0. The zero-order chi connectivity index (χ0) is 28.2. The molecular weight excluding hydrogens is 508 g/mol. The van der Waals surface area contributed by atoms with Crippen LogP contribution in [-0.4, -0.2) is 91.9 Å². The van der Waals surface area contributed by atoms with Crippen LogP contribution in [0.2, 0.25) is 0 Å². The summed E-state index contributed by atoms with van der Waals surface area (Å²) in [6, 6.07) is 1.79. The number of nitrogens with one attached hydrogen (secondary N) is 2. The van der Waals surface area contributed by atoms with E-state index in [1.165, 1.54) is 51.4 Å². The molecule has 0 aromatic carbocycles. The molecule has 224 valence electrons. The molecular formula is C30H50N6O4. The number of carbonyl (C=O) groups is 2. The number of piperidine rings is 1. The maximum Gasteiger partial charge on any atom is 0.413 e. The van der Waals surface area contributed by atoms with E-state index in [0.717, 1.165) is 38.4 Å². The second-order valence-electron chi connectivity index (χ2n) is 12.1. The summed E-state index contributed by atoms with van der Waals surface area (Å²) in [4.78, 5) is 35.6. The average molecular weight is 559 g/mol. The summed E-state index contributed by atoms with van der Waals surface area (Å²) in [5.74, 6) is 1.30. The van der Waals surface area contributed by atoms with E-state index in [0.29, 0.717) is 57.4 Å². The molecule has 0 unspecified atom stereocenters. The average Bonchev–Trinajstić information content (AvgIpc) is 2.99. The molecule has 2 saturated carbocycles. The quantitative estimate of drug-likeness (QED) is 0.343. The molecule has 0 spiro atoms. The van der Waals surface area contributed by atoms with E-state index in [2.05, 4.69) is 21.6 Å².